The Morgan fingerprint density at radius 2 is 0.884 bits per heavy atom. The molecule has 2 aromatic heterocycles. The van der Waals surface area contributed by atoms with Gasteiger partial charge in [-0.05, 0) is 37.1 Å². The number of aromatic nitrogens is 2. The van der Waals surface area contributed by atoms with Crippen LogP contribution in [0.15, 0.2) is 122 Å². The van der Waals surface area contributed by atoms with Crippen LogP contribution >= 0.6 is 0 Å². The third kappa shape index (κ3) is 12.9. The van der Waals surface area contributed by atoms with Crippen molar-refractivity contribution in [3.8, 4) is 0 Å². The average Bonchev–Trinajstić information content (AvgIpc) is 3.80. The topological polar surface area (TPSA) is 9.86 Å². The second-order valence-electron chi connectivity index (χ2n) is 9.43. The van der Waals surface area contributed by atoms with Gasteiger partial charge in [0, 0.05) is 61.1 Å². The molecule has 6 rings (SSSR count). The van der Waals surface area contributed by atoms with Crippen LogP contribution < -0.4 is 0 Å². The third-order valence-electron chi connectivity index (χ3n) is 6.40. The van der Waals surface area contributed by atoms with Crippen molar-refractivity contribution in [2.75, 3.05) is 0 Å². The summed E-state index contributed by atoms with van der Waals surface area (Å²) in [7, 11) is 0. The normalized spacial score (nSPS) is 9.81. The van der Waals surface area contributed by atoms with Gasteiger partial charge < -0.3 is 9.13 Å². The maximum absolute atomic E-state index is 13.2. The summed E-state index contributed by atoms with van der Waals surface area (Å²) in [4.78, 5) is 0. The minimum Gasteiger partial charge on any atom is -0.354 e. The van der Waals surface area contributed by atoms with Crippen molar-refractivity contribution in [2.45, 2.75) is 39.8 Å². The van der Waals surface area contributed by atoms with Crippen LogP contribution in [0.3, 0.4) is 0 Å². The van der Waals surface area contributed by atoms with Crippen molar-refractivity contribution in [1.29, 1.82) is 0 Å². The Morgan fingerprint density at radius 3 is 1.16 bits per heavy atom. The number of halogens is 4. The summed E-state index contributed by atoms with van der Waals surface area (Å²) in [6.07, 6.45) is 8.94. The van der Waals surface area contributed by atoms with E-state index in [-0.39, 0.29) is 21.7 Å². The van der Waals surface area contributed by atoms with Crippen LogP contribution in [0.5, 0.6) is 0 Å². The molecule has 0 atom stereocenters. The van der Waals surface area contributed by atoms with Crippen LogP contribution in [0.2, 0.25) is 0 Å². The zero-order valence-corrected chi connectivity index (χ0v) is 25.8. The number of aryl methyl sites for hydroxylation is 4. The second kappa shape index (κ2) is 19.3. The number of benzene rings is 2. The molecule has 4 aromatic carbocycles. The fraction of sp³-hybridized carbons (Fsp3) is 0.167. The van der Waals surface area contributed by atoms with E-state index in [0.29, 0.717) is 35.1 Å². The van der Waals surface area contributed by atoms with E-state index >= 15 is 0 Å². The van der Waals surface area contributed by atoms with Gasteiger partial charge in [0.2, 0.25) is 0 Å². The minimum absolute atomic E-state index is 0. The van der Waals surface area contributed by atoms with Crippen molar-refractivity contribution in [3.63, 3.8) is 0 Å². The molecule has 2 nitrogen and oxygen atoms in total. The number of hydrogen-bond acceptors (Lipinski definition) is 0. The van der Waals surface area contributed by atoms with Gasteiger partial charge in [-0.15, -0.1) is 46.5 Å². The first-order chi connectivity index (χ1) is 20.3. The van der Waals surface area contributed by atoms with E-state index in [1.54, 1.807) is 13.8 Å². The summed E-state index contributed by atoms with van der Waals surface area (Å²) in [5, 5.41) is 0. The summed E-state index contributed by atoms with van der Waals surface area (Å²) < 4.78 is 56.3. The first kappa shape index (κ1) is 35.3. The van der Waals surface area contributed by atoms with Gasteiger partial charge in [0.05, 0.1) is 0 Å². The molecule has 0 aliphatic rings. The van der Waals surface area contributed by atoms with Gasteiger partial charge in [0.25, 0.3) is 0 Å². The van der Waals surface area contributed by atoms with Crippen LogP contribution in [0.4, 0.5) is 17.6 Å². The van der Waals surface area contributed by atoms with Gasteiger partial charge in [0.1, 0.15) is 0 Å². The summed E-state index contributed by atoms with van der Waals surface area (Å²) >= 11 is 0. The fourth-order valence-electron chi connectivity index (χ4n) is 3.97. The predicted octanol–water partition coefficient (Wildman–Crippen LogP) is 9.04. The first-order valence-corrected chi connectivity index (χ1v) is 13.6. The first-order valence-electron chi connectivity index (χ1n) is 13.6. The van der Waals surface area contributed by atoms with Gasteiger partial charge >= 0.3 is 21.7 Å². The number of hydrogen-bond donors (Lipinski definition) is 0. The molecule has 0 radical (unpaired) electrons. The molecule has 0 N–H and O–H groups in total. The van der Waals surface area contributed by atoms with E-state index in [1.165, 1.54) is 12.1 Å². The Morgan fingerprint density at radius 1 is 0.558 bits per heavy atom. The van der Waals surface area contributed by atoms with Crippen LogP contribution in [0, 0.1) is 49.2 Å². The molecule has 220 valence electrons. The number of nitrogens with zero attached hydrogens (tertiary/aromatic N) is 2. The van der Waals surface area contributed by atoms with E-state index < -0.39 is 23.3 Å². The molecule has 0 unspecified atom stereocenters. The van der Waals surface area contributed by atoms with E-state index in [4.69, 9.17) is 0 Å². The van der Waals surface area contributed by atoms with E-state index in [0.717, 1.165) is 13.1 Å². The number of rotatable bonds is 6. The van der Waals surface area contributed by atoms with Crippen molar-refractivity contribution in [2.24, 2.45) is 0 Å². The van der Waals surface area contributed by atoms with E-state index in [2.05, 4.69) is 0 Å². The predicted molar refractivity (Wildman–Crippen MR) is 160 cm³/mol. The molecule has 0 saturated carbocycles. The van der Waals surface area contributed by atoms with E-state index in [9.17, 15) is 17.6 Å². The van der Waals surface area contributed by atoms with Crippen molar-refractivity contribution in [1.82, 2.24) is 9.13 Å². The van der Waals surface area contributed by atoms with Gasteiger partial charge in [-0.1, -0.05) is 13.8 Å². The largest absolute Gasteiger partial charge is 4.00 e. The maximum atomic E-state index is 13.2. The smallest absolute Gasteiger partial charge is 0.354 e. The Kier molecular flexibility index (Phi) is 15.9. The molecule has 0 bridgehead atoms. The van der Waals surface area contributed by atoms with Gasteiger partial charge in [0.15, 0.2) is 0 Å². The zero-order chi connectivity index (χ0) is 30.2. The molecule has 0 fully saturated rings. The van der Waals surface area contributed by atoms with Crippen molar-refractivity contribution < 1.29 is 39.3 Å². The average molecular weight is 619 g/mol. The monoisotopic (exact) mass is 618 g/mol. The van der Waals surface area contributed by atoms with Gasteiger partial charge in [-0.25, -0.2) is 41.8 Å². The Bertz CT molecular complexity index is 1370. The fourth-order valence-corrected chi connectivity index (χ4v) is 3.97. The molecule has 0 spiro atoms. The molecular weight excluding hydrogens is 584 g/mol. The van der Waals surface area contributed by atoms with Crippen LogP contribution in [0.25, 0.3) is 0 Å². The molecule has 0 saturated heterocycles. The Balaban J connectivity index is 0.000000223. The summed E-state index contributed by atoms with van der Waals surface area (Å²) in [6.45, 7) is 4.74. The minimum atomic E-state index is -0.634. The summed E-state index contributed by atoms with van der Waals surface area (Å²) in [5.41, 5.74) is 2.35. The SMILES string of the molecule is Cc1c(F)[c-]c(F)cc1CCn1cccc1.Cc1c(F)[c-]c(F)cc1CCn1cccc1.[Ti+4].c1cc[cH-]c1.c1cc[cH-]c1. The van der Waals surface area contributed by atoms with Crippen LogP contribution in [-0.2, 0) is 47.6 Å². The van der Waals surface area contributed by atoms with Crippen molar-refractivity contribution >= 4 is 0 Å². The molecule has 7 heteroatoms. The maximum Gasteiger partial charge on any atom is 4.00 e. The molecule has 0 aliphatic heterocycles. The second-order valence-corrected chi connectivity index (χ2v) is 9.43. The molecule has 0 aliphatic carbocycles. The van der Waals surface area contributed by atoms with Crippen molar-refractivity contribution in [3.05, 3.63) is 180 Å². The molecule has 6 aromatic rings. The molecule has 0 amide bonds. The Hall–Kier alpha value is -3.87. The molecule has 2 heterocycles. The summed E-state index contributed by atoms with van der Waals surface area (Å²) in [6, 6.07) is 34.5. The van der Waals surface area contributed by atoms with Crippen LogP contribution in [0.1, 0.15) is 22.3 Å². The van der Waals surface area contributed by atoms with Crippen LogP contribution in [-0.4, -0.2) is 9.13 Å². The quantitative estimate of drug-likeness (QED) is 0.100. The summed E-state index contributed by atoms with van der Waals surface area (Å²) in [5.74, 6) is -2.46. The molecule has 43 heavy (non-hydrogen) atoms. The zero-order valence-electron chi connectivity index (χ0n) is 24.3. The molecular formula is C36H34F4N2Ti. The van der Waals surface area contributed by atoms with Gasteiger partial charge in [-0.3, -0.25) is 0 Å². The van der Waals surface area contributed by atoms with Gasteiger partial charge in [-0.2, -0.15) is 36.4 Å². The Labute approximate surface area is 266 Å². The third-order valence-corrected chi connectivity index (χ3v) is 6.40. The standard InChI is InChI=1S/2C13H12F2N.2C5H5.Ti/c2*1-10-11(8-12(14)9-13(10)15)4-7-16-5-2-3-6-16;2*1-2-4-5-3-1;/h2*2-3,5-6,8H,4,7H2,1H3;2*1-5H;/q4*-1;+4. The van der Waals surface area contributed by atoms with E-state index in [1.807, 2.05) is 131 Å².